The standard InChI is InChI=1S/C18H13F3N4O5S/c19-18(20,21)11-7-12-14(13(8-11)25(28)29)31-17(22-15(12)26)24-4-2-23(3-5-24)16(27)10-1-6-30-9-10/h1,6-9H,2-5H2. The van der Waals surface area contributed by atoms with E-state index < -0.39 is 33.3 Å². The molecule has 3 heterocycles. The molecule has 2 aromatic heterocycles. The molecule has 0 saturated carbocycles. The normalized spacial score (nSPS) is 14.8. The summed E-state index contributed by atoms with van der Waals surface area (Å²) in [7, 11) is 0. The van der Waals surface area contributed by atoms with Crippen LogP contribution in [0.4, 0.5) is 24.0 Å². The van der Waals surface area contributed by atoms with Gasteiger partial charge in [-0.1, -0.05) is 11.3 Å². The Morgan fingerprint density at radius 3 is 2.52 bits per heavy atom. The SMILES string of the molecule is O=C(c1ccoc1)N1CCN(c2nc(=O)c3cc(C(F)(F)F)cc([N+](=O)[O-])c3s2)CC1. The predicted molar refractivity (Wildman–Crippen MR) is 104 cm³/mol. The molecule has 1 saturated heterocycles. The van der Waals surface area contributed by atoms with Crippen LogP contribution in [0.5, 0.6) is 0 Å². The molecule has 0 unspecified atom stereocenters. The van der Waals surface area contributed by atoms with Crippen LogP contribution < -0.4 is 10.5 Å². The van der Waals surface area contributed by atoms with Gasteiger partial charge in [0.05, 0.1) is 27.7 Å². The second-order valence-electron chi connectivity index (χ2n) is 6.72. The fourth-order valence-corrected chi connectivity index (χ4v) is 4.36. The molecule has 4 rings (SSSR count). The van der Waals surface area contributed by atoms with Gasteiger partial charge in [-0.3, -0.25) is 19.7 Å². The molecule has 1 aliphatic heterocycles. The summed E-state index contributed by atoms with van der Waals surface area (Å²) in [5, 5.41) is 11.1. The summed E-state index contributed by atoms with van der Waals surface area (Å²) in [5.41, 5.74) is -2.66. The van der Waals surface area contributed by atoms with Crippen LogP contribution >= 0.6 is 11.3 Å². The number of non-ortho nitro benzene ring substituents is 1. The van der Waals surface area contributed by atoms with E-state index in [-0.39, 0.29) is 15.7 Å². The number of nitro groups is 1. The molecular weight excluding hydrogens is 441 g/mol. The van der Waals surface area contributed by atoms with Gasteiger partial charge in [-0.05, 0) is 12.1 Å². The smallest absolute Gasteiger partial charge is 0.416 e. The van der Waals surface area contributed by atoms with Crippen LogP contribution in [0.15, 0.2) is 39.9 Å². The predicted octanol–water partition coefficient (Wildman–Crippen LogP) is 3.14. The van der Waals surface area contributed by atoms with Crippen LogP contribution in [-0.2, 0) is 6.18 Å². The zero-order valence-electron chi connectivity index (χ0n) is 15.6. The number of amides is 1. The van der Waals surface area contributed by atoms with Gasteiger partial charge in [-0.2, -0.15) is 18.2 Å². The Bertz CT molecular complexity index is 1220. The first-order valence-corrected chi connectivity index (χ1v) is 9.73. The summed E-state index contributed by atoms with van der Waals surface area (Å²) in [6.07, 6.45) is -2.12. The Morgan fingerprint density at radius 1 is 1.23 bits per heavy atom. The highest BCUT2D eigenvalue weighted by atomic mass is 32.1. The van der Waals surface area contributed by atoms with Crippen LogP contribution in [0.25, 0.3) is 10.1 Å². The van der Waals surface area contributed by atoms with Gasteiger partial charge in [0.2, 0.25) is 0 Å². The Kier molecular flexibility index (Phi) is 5.13. The first kappa shape index (κ1) is 20.8. The zero-order chi connectivity index (χ0) is 22.3. The average Bonchev–Trinajstić information content (AvgIpc) is 3.26. The number of fused-ring (bicyclic) bond motifs is 1. The summed E-state index contributed by atoms with van der Waals surface area (Å²) in [4.78, 5) is 42.4. The molecule has 1 amide bonds. The van der Waals surface area contributed by atoms with E-state index in [1.165, 1.54) is 12.5 Å². The summed E-state index contributed by atoms with van der Waals surface area (Å²) in [5.74, 6) is -0.219. The van der Waals surface area contributed by atoms with E-state index in [1.54, 1.807) is 15.9 Å². The topological polar surface area (TPSA) is 110 Å². The van der Waals surface area contributed by atoms with Crippen molar-refractivity contribution in [1.82, 2.24) is 9.88 Å². The molecule has 0 bridgehead atoms. The number of furan rings is 1. The Balaban J connectivity index is 1.65. The van der Waals surface area contributed by atoms with Crippen molar-refractivity contribution in [3.8, 4) is 0 Å². The number of nitro benzene ring substituents is 1. The fraction of sp³-hybridized carbons (Fsp3) is 0.278. The number of hydrogen-bond acceptors (Lipinski definition) is 8. The van der Waals surface area contributed by atoms with E-state index >= 15 is 0 Å². The van der Waals surface area contributed by atoms with E-state index in [4.69, 9.17) is 4.42 Å². The third-order valence-electron chi connectivity index (χ3n) is 4.82. The van der Waals surface area contributed by atoms with Gasteiger partial charge >= 0.3 is 6.18 Å². The first-order chi connectivity index (χ1) is 14.6. The van der Waals surface area contributed by atoms with Crippen molar-refractivity contribution < 1.29 is 27.3 Å². The zero-order valence-corrected chi connectivity index (χ0v) is 16.4. The Morgan fingerprint density at radius 2 is 1.94 bits per heavy atom. The third kappa shape index (κ3) is 3.95. The van der Waals surface area contributed by atoms with Gasteiger partial charge < -0.3 is 14.2 Å². The number of nitrogens with zero attached hydrogens (tertiary/aromatic N) is 4. The molecule has 1 fully saturated rings. The van der Waals surface area contributed by atoms with Gasteiger partial charge in [0.15, 0.2) is 5.13 Å². The molecule has 0 N–H and O–H groups in total. The number of carbonyl (C=O) groups excluding carboxylic acids is 1. The minimum absolute atomic E-state index is 0.149. The maximum atomic E-state index is 13.1. The number of carbonyl (C=O) groups is 1. The quantitative estimate of drug-likeness (QED) is 0.442. The molecule has 0 aliphatic carbocycles. The van der Waals surface area contributed by atoms with E-state index in [0.29, 0.717) is 43.9 Å². The Hall–Kier alpha value is -3.48. The van der Waals surface area contributed by atoms with Crippen molar-refractivity contribution >= 4 is 38.1 Å². The first-order valence-electron chi connectivity index (χ1n) is 8.92. The number of anilines is 1. The lowest BCUT2D eigenvalue weighted by atomic mass is 10.1. The van der Waals surface area contributed by atoms with E-state index in [2.05, 4.69) is 4.98 Å². The highest BCUT2D eigenvalue weighted by Gasteiger charge is 2.34. The van der Waals surface area contributed by atoms with Crippen molar-refractivity contribution in [1.29, 1.82) is 0 Å². The molecule has 0 radical (unpaired) electrons. The van der Waals surface area contributed by atoms with Gasteiger partial charge in [-0.25, -0.2) is 0 Å². The van der Waals surface area contributed by atoms with E-state index in [0.717, 1.165) is 11.3 Å². The monoisotopic (exact) mass is 454 g/mol. The van der Waals surface area contributed by atoms with Crippen LogP contribution in [0, 0.1) is 10.1 Å². The van der Waals surface area contributed by atoms with E-state index in [9.17, 15) is 32.9 Å². The highest BCUT2D eigenvalue weighted by molar-refractivity contribution is 7.22. The van der Waals surface area contributed by atoms with Crippen LogP contribution in [-0.4, -0.2) is 46.9 Å². The maximum absolute atomic E-state index is 13.1. The molecule has 13 heteroatoms. The summed E-state index contributed by atoms with van der Waals surface area (Å²) in [6.45, 7) is 1.21. The molecule has 0 atom stereocenters. The maximum Gasteiger partial charge on any atom is 0.416 e. The van der Waals surface area contributed by atoms with Crippen LogP contribution in [0.2, 0.25) is 0 Å². The molecule has 3 aromatic rings. The highest BCUT2D eigenvalue weighted by Crippen LogP contribution is 2.38. The van der Waals surface area contributed by atoms with Crippen molar-refractivity contribution in [2.75, 3.05) is 31.1 Å². The average molecular weight is 454 g/mol. The molecule has 9 nitrogen and oxygen atoms in total. The van der Waals surface area contributed by atoms with Gasteiger partial charge in [0.1, 0.15) is 11.0 Å². The number of rotatable bonds is 3. The summed E-state index contributed by atoms with van der Waals surface area (Å²) < 4.78 is 44.0. The number of hydrogen-bond donors (Lipinski definition) is 0. The minimum atomic E-state index is -4.84. The molecule has 1 aliphatic rings. The number of aromatic nitrogens is 1. The second kappa shape index (κ2) is 7.65. The molecule has 162 valence electrons. The lowest BCUT2D eigenvalue weighted by Crippen LogP contribution is -2.49. The lowest BCUT2D eigenvalue weighted by molar-refractivity contribution is -0.383. The third-order valence-corrected chi connectivity index (χ3v) is 5.99. The van der Waals surface area contributed by atoms with Crippen molar-refractivity contribution in [2.24, 2.45) is 0 Å². The molecule has 1 aromatic carbocycles. The second-order valence-corrected chi connectivity index (χ2v) is 7.70. The lowest BCUT2D eigenvalue weighted by Gasteiger charge is -2.34. The molecule has 0 spiro atoms. The van der Waals surface area contributed by atoms with Gasteiger partial charge in [-0.15, -0.1) is 0 Å². The number of piperazine rings is 1. The van der Waals surface area contributed by atoms with Crippen molar-refractivity contribution in [2.45, 2.75) is 6.18 Å². The van der Waals surface area contributed by atoms with Gasteiger partial charge in [0, 0.05) is 32.2 Å². The summed E-state index contributed by atoms with van der Waals surface area (Å²) >= 11 is 0.777. The minimum Gasteiger partial charge on any atom is -0.472 e. The fourth-order valence-electron chi connectivity index (χ4n) is 3.24. The van der Waals surface area contributed by atoms with Crippen molar-refractivity contribution in [3.05, 3.63) is 62.3 Å². The molecular formula is C18H13F3N4O5S. The number of benzene rings is 1. The van der Waals surface area contributed by atoms with Crippen molar-refractivity contribution in [3.63, 3.8) is 0 Å². The molecule has 31 heavy (non-hydrogen) atoms. The number of halogens is 3. The largest absolute Gasteiger partial charge is 0.472 e. The summed E-state index contributed by atoms with van der Waals surface area (Å²) in [6, 6.07) is 2.54. The number of alkyl halides is 3. The van der Waals surface area contributed by atoms with E-state index in [1.807, 2.05) is 0 Å². The van der Waals surface area contributed by atoms with Crippen LogP contribution in [0.1, 0.15) is 15.9 Å². The Labute approximate surface area is 175 Å². The van der Waals surface area contributed by atoms with Gasteiger partial charge in [0.25, 0.3) is 17.2 Å². The van der Waals surface area contributed by atoms with Crippen LogP contribution in [0.3, 0.4) is 0 Å².